The summed E-state index contributed by atoms with van der Waals surface area (Å²) in [7, 11) is 1.58. The van der Waals surface area contributed by atoms with Crippen LogP contribution in [0, 0.1) is 5.92 Å². The number of nitrogens with one attached hydrogen (secondary N) is 1. The third kappa shape index (κ3) is 4.02. The molecule has 0 bridgehead atoms. The van der Waals surface area contributed by atoms with Crippen molar-refractivity contribution >= 4 is 5.82 Å². The maximum Gasteiger partial charge on any atom is 0.218 e. The second-order valence-corrected chi connectivity index (χ2v) is 4.15. The Bertz CT molecular complexity index is 317. The summed E-state index contributed by atoms with van der Waals surface area (Å²) in [6.45, 7) is 4.93. The molecular formula is C11H20N4O. The van der Waals surface area contributed by atoms with Gasteiger partial charge < -0.3 is 15.8 Å². The number of ether oxygens (including phenoxy) is 1. The normalized spacial score (nSPS) is 12.6. The van der Waals surface area contributed by atoms with Gasteiger partial charge in [0, 0.05) is 18.7 Å². The van der Waals surface area contributed by atoms with Crippen molar-refractivity contribution in [1.82, 2.24) is 9.97 Å². The average molecular weight is 224 g/mol. The molecule has 0 radical (unpaired) electrons. The molecule has 16 heavy (non-hydrogen) atoms. The molecule has 0 spiro atoms. The van der Waals surface area contributed by atoms with Crippen LogP contribution in [-0.2, 0) is 0 Å². The molecule has 1 rings (SSSR count). The monoisotopic (exact) mass is 224 g/mol. The molecular weight excluding hydrogens is 204 g/mol. The first-order chi connectivity index (χ1) is 7.65. The Labute approximate surface area is 96.4 Å². The van der Waals surface area contributed by atoms with Crippen LogP contribution in [0.2, 0.25) is 0 Å². The molecule has 0 aliphatic rings. The van der Waals surface area contributed by atoms with E-state index in [1.165, 1.54) is 6.33 Å². The van der Waals surface area contributed by atoms with Crippen LogP contribution in [0.3, 0.4) is 0 Å². The van der Waals surface area contributed by atoms with Crippen molar-refractivity contribution in [3.8, 4) is 5.88 Å². The van der Waals surface area contributed by atoms with Crippen LogP contribution in [0.5, 0.6) is 5.88 Å². The molecule has 0 aromatic carbocycles. The Morgan fingerprint density at radius 2 is 2.19 bits per heavy atom. The lowest BCUT2D eigenvalue weighted by molar-refractivity contribution is 0.397. The van der Waals surface area contributed by atoms with Crippen molar-refractivity contribution in [2.45, 2.75) is 26.3 Å². The molecule has 1 unspecified atom stereocenters. The van der Waals surface area contributed by atoms with Gasteiger partial charge in [-0.1, -0.05) is 13.8 Å². The van der Waals surface area contributed by atoms with E-state index >= 15 is 0 Å². The summed E-state index contributed by atoms with van der Waals surface area (Å²) in [4.78, 5) is 8.07. The van der Waals surface area contributed by atoms with Gasteiger partial charge >= 0.3 is 0 Å². The van der Waals surface area contributed by atoms with E-state index in [1.807, 2.05) is 0 Å². The van der Waals surface area contributed by atoms with Gasteiger partial charge in [-0.3, -0.25) is 0 Å². The van der Waals surface area contributed by atoms with Crippen LogP contribution in [0.15, 0.2) is 12.4 Å². The second-order valence-electron chi connectivity index (χ2n) is 4.15. The van der Waals surface area contributed by atoms with Gasteiger partial charge in [-0.15, -0.1) is 0 Å². The van der Waals surface area contributed by atoms with E-state index in [0.29, 0.717) is 18.3 Å². The van der Waals surface area contributed by atoms with E-state index in [9.17, 15) is 0 Å². The molecule has 0 aliphatic heterocycles. The summed E-state index contributed by atoms with van der Waals surface area (Å²) in [5.41, 5.74) is 5.70. The molecule has 1 aromatic rings. The summed E-state index contributed by atoms with van der Waals surface area (Å²) in [5.74, 6) is 1.91. The molecule has 0 saturated heterocycles. The van der Waals surface area contributed by atoms with Crippen LogP contribution >= 0.6 is 0 Å². The van der Waals surface area contributed by atoms with Gasteiger partial charge in [0.05, 0.1) is 7.11 Å². The zero-order valence-electron chi connectivity index (χ0n) is 10.1. The molecule has 1 aromatic heterocycles. The highest BCUT2D eigenvalue weighted by atomic mass is 16.5. The number of methoxy groups -OCH3 is 1. The molecule has 1 heterocycles. The van der Waals surface area contributed by atoms with E-state index in [4.69, 9.17) is 10.5 Å². The van der Waals surface area contributed by atoms with E-state index < -0.39 is 0 Å². The van der Waals surface area contributed by atoms with Gasteiger partial charge in [0.15, 0.2) is 0 Å². The minimum Gasteiger partial charge on any atom is -0.481 e. The van der Waals surface area contributed by atoms with Crippen LogP contribution in [0.25, 0.3) is 0 Å². The number of rotatable bonds is 6. The third-order valence-electron chi connectivity index (χ3n) is 2.24. The number of anilines is 1. The smallest absolute Gasteiger partial charge is 0.218 e. The van der Waals surface area contributed by atoms with E-state index in [-0.39, 0.29) is 6.04 Å². The van der Waals surface area contributed by atoms with Crippen molar-refractivity contribution in [2.24, 2.45) is 11.7 Å². The third-order valence-corrected chi connectivity index (χ3v) is 2.24. The summed E-state index contributed by atoms with van der Waals surface area (Å²) in [5, 5.41) is 3.28. The Hall–Kier alpha value is -1.36. The molecule has 5 heteroatoms. The maximum absolute atomic E-state index is 5.70. The summed E-state index contributed by atoms with van der Waals surface area (Å²) in [6.07, 6.45) is 2.49. The highest BCUT2D eigenvalue weighted by molar-refractivity contribution is 5.38. The largest absolute Gasteiger partial charge is 0.481 e. The number of nitrogens with zero attached hydrogens (tertiary/aromatic N) is 2. The molecule has 90 valence electrons. The van der Waals surface area contributed by atoms with Crippen molar-refractivity contribution in [3.63, 3.8) is 0 Å². The van der Waals surface area contributed by atoms with E-state index in [0.717, 1.165) is 12.2 Å². The van der Waals surface area contributed by atoms with Crippen LogP contribution in [0.1, 0.15) is 20.3 Å². The van der Waals surface area contributed by atoms with Crippen LogP contribution < -0.4 is 15.8 Å². The zero-order valence-corrected chi connectivity index (χ0v) is 10.1. The summed E-state index contributed by atoms with van der Waals surface area (Å²) >= 11 is 0. The lowest BCUT2D eigenvalue weighted by atomic mass is 10.0. The fraction of sp³-hybridized carbons (Fsp3) is 0.636. The number of aromatic nitrogens is 2. The molecule has 0 aliphatic carbocycles. The predicted octanol–water partition coefficient (Wildman–Crippen LogP) is 1.27. The quantitative estimate of drug-likeness (QED) is 0.761. The molecule has 1 atom stereocenters. The molecule has 3 N–H and O–H groups in total. The van der Waals surface area contributed by atoms with Crippen LogP contribution in [-0.4, -0.2) is 29.7 Å². The fourth-order valence-electron chi connectivity index (χ4n) is 1.52. The SMILES string of the molecule is COc1cc(NC(CN)CC(C)C)ncn1. The van der Waals surface area contributed by atoms with Gasteiger partial charge in [-0.2, -0.15) is 0 Å². The molecule has 0 fully saturated rings. The first kappa shape index (κ1) is 12.7. The maximum atomic E-state index is 5.70. The molecule has 5 nitrogen and oxygen atoms in total. The predicted molar refractivity (Wildman–Crippen MR) is 64.5 cm³/mol. The fourth-order valence-corrected chi connectivity index (χ4v) is 1.52. The zero-order chi connectivity index (χ0) is 12.0. The minimum absolute atomic E-state index is 0.236. The molecule has 0 amide bonds. The van der Waals surface area contributed by atoms with Gasteiger partial charge in [0.2, 0.25) is 5.88 Å². The lowest BCUT2D eigenvalue weighted by Gasteiger charge is -2.19. The summed E-state index contributed by atoms with van der Waals surface area (Å²) in [6, 6.07) is 2.00. The van der Waals surface area contributed by atoms with Crippen molar-refractivity contribution in [3.05, 3.63) is 12.4 Å². The van der Waals surface area contributed by atoms with Gasteiger partial charge in [-0.05, 0) is 12.3 Å². The highest BCUT2D eigenvalue weighted by Crippen LogP contribution is 2.13. The Morgan fingerprint density at radius 3 is 2.75 bits per heavy atom. The Kier molecular flexibility index (Phi) is 4.98. The number of hydrogen-bond donors (Lipinski definition) is 2. The molecule has 0 saturated carbocycles. The van der Waals surface area contributed by atoms with E-state index in [1.54, 1.807) is 13.2 Å². The van der Waals surface area contributed by atoms with Gasteiger partial charge in [-0.25, -0.2) is 9.97 Å². The standard InChI is InChI=1S/C11H20N4O/c1-8(2)4-9(6-12)15-10-5-11(16-3)14-7-13-10/h5,7-9H,4,6,12H2,1-3H3,(H,13,14,15). The number of nitrogens with two attached hydrogens (primary N) is 1. The van der Waals surface area contributed by atoms with Crippen molar-refractivity contribution in [1.29, 1.82) is 0 Å². The Morgan fingerprint density at radius 1 is 1.44 bits per heavy atom. The van der Waals surface area contributed by atoms with Crippen molar-refractivity contribution in [2.75, 3.05) is 19.0 Å². The highest BCUT2D eigenvalue weighted by Gasteiger charge is 2.09. The van der Waals surface area contributed by atoms with Gasteiger partial charge in [0.25, 0.3) is 0 Å². The first-order valence-corrected chi connectivity index (χ1v) is 5.48. The first-order valence-electron chi connectivity index (χ1n) is 5.48. The van der Waals surface area contributed by atoms with Crippen molar-refractivity contribution < 1.29 is 4.74 Å². The summed E-state index contributed by atoms with van der Waals surface area (Å²) < 4.78 is 5.03. The van der Waals surface area contributed by atoms with Gasteiger partial charge in [0.1, 0.15) is 12.1 Å². The average Bonchev–Trinajstić information content (AvgIpc) is 2.28. The Balaban J connectivity index is 2.62. The van der Waals surface area contributed by atoms with Crippen LogP contribution in [0.4, 0.5) is 5.82 Å². The second kappa shape index (κ2) is 6.27. The lowest BCUT2D eigenvalue weighted by Crippen LogP contribution is -2.30. The number of hydrogen-bond acceptors (Lipinski definition) is 5. The topological polar surface area (TPSA) is 73.1 Å². The van der Waals surface area contributed by atoms with E-state index in [2.05, 4.69) is 29.1 Å². The minimum atomic E-state index is 0.236.